The van der Waals surface area contributed by atoms with Crippen molar-refractivity contribution in [3.63, 3.8) is 0 Å². The fourth-order valence-electron chi connectivity index (χ4n) is 1.88. The average molecular weight is 227 g/mol. The van der Waals surface area contributed by atoms with E-state index < -0.39 is 0 Å². The van der Waals surface area contributed by atoms with Gasteiger partial charge in [-0.2, -0.15) is 5.26 Å². The fraction of sp³-hybridized carbons (Fsp3) is 0.154. The van der Waals surface area contributed by atoms with Crippen LogP contribution in [-0.4, -0.2) is 12.1 Å². The number of nitrogens with zero attached hydrogens (tertiary/aromatic N) is 1. The van der Waals surface area contributed by atoms with E-state index in [-0.39, 0.29) is 0 Å². The zero-order valence-corrected chi connectivity index (χ0v) is 9.74. The van der Waals surface area contributed by atoms with E-state index in [1.54, 1.807) is 7.11 Å². The van der Waals surface area contributed by atoms with Crippen LogP contribution in [0.3, 0.4) is 0 Å². The number of H-pyrrole nitrogens is 1. The van der Waals surface area contributed by atoms with Crippen molar-refractivity contribution in [2.45, 2.75) is 6.92 Å². The number of nitrogens with one attached hydrogen (secondary N) is 1. The summed E-state index contributed by atoms with van der Waals surface area (Å²) in [5, 5.41) is 9.00. The van der Waals surface area contributed by atoms with Crippen LogP contribution in [0.5, 0.6) is 5.75 Å². The highest BCUT2D eigenvalue weighted by Gasteiger charge is 2.15. The number of aromatic amines is 1. The van der Waals surface area contributed by atoms with Crippen LogP contribution < -0.4 is 10.5 Å². The fourth-order valence-corrected chi connectivity index (χ4v) is 1.88. The minimum Gasteiger partial charge on any atom is -0.496 e. The summed E-state index contributed by atoms with van der Waals surface area (Å²) in [4.78, 5) is 3.03. The number of nitriles is 1. The molecule has 3 N–H and O–H groups in total. The molecule has 0 bridgehead atoms. The zero-order valence-electron chi connectivity index (χ0n) is 9.74. The molecule has 1 aromatic carbocycles. The molecular formula is C13H13N3O. The Morgan fingerprint density at radius 1 is 1.35 bits per heavy atom. The van der Waals surface area contributed by atoms with E-state index in [2.05, 4.69) is 11.1 Å². The van der Waals surface area contributed by atoms with Gasteiger partial charge in [-0.3, -0.25) is 0 Å². The molecular weight excluding hydrogens is 214 g/mol. The molecule has 0 amide bonds. The summed E-state index contributed by atoms with van der Waals surface area (Å²) in [6.07, 6.45) is 0. The van der Waals surface area contributed by atoms with Gasteiger partial charge in [-0.1, -0.05) is 12.1 Å². The predicted molar refractivity (Wildman–Crippen MR) is 66.6 cm³/mol. The maximum absolute atomic E-state index is 9.00. The van der Waals surface area contributed by atoms with Crippen LogP contribution in [0.15, 0.2) is 24.3 Å². The first kappa shape index (κ1) is 11.1. The molecule has 2 aromatic rings. The summed E-state index contributed by atoms with van der Waals surface area (Å²) in [6, 6.07) is 9.71. The Morgan fingerprint density at radius 2 is 2.06 bits per heavy atom. The van der Waals surface area contributed by atoms with Gasteiger partial charge in [0.1, 0.15) is 17.6 Å². The van der Waals surface area contributed by atoms with Crippen LogP contribution in [0.2, 0.25) is 0 Å². The molecule has 0 unspecified atom stereocenters. The number of hydrogen-bond donors (Lipinski definition) is 2. The van der Waals surface area contributed by atoms with Crippen molar-refractivity contribution in [2.24, 2.45) is 0 Å². The predicted octanol–water partition coefficient (Wildman–Crippen LogP) is 2.45. The van der Waals surface area contributed by atoms with Gasteiger partial charge in [-0.25, -0.2) is 0 Å². The first-order valence-corrected chi connectivity index (χ1v) is 5.20. The topological polar surface area (TPSA) is 74.8 Å². The van der Waals surface area contributed by atoms with Gasteiger partial charge in [0.15, 0.2) is 0 Å². The van der Waals surface area contributed by atoms with Crippen LogP contribution in [0, 0.1) is 18.3 Å². The molecule has 0 fully saturated rings. The lowest BCUT2D eigenvalue weighted by Gasteiger charge is -2.07. The molecule has 0 radical (unpaired) electrons. The molecule has 0 saturated carbocycles. The van der Waals surface area contributed by atoms with Crippen LogP contribution in [0.1, 0.15) is 11.1 Å². The zero-order chi connectivity index (χ0) is 12.4. The van der Waals surface area contributed by atoms with Crippen molar-refractivity contribution in [3.8, 4) is 23.1 Å². The highest BCUT2D eigenvalue weighted by Crippen LogP contribution is 2.34. The molecule has 4 nitrogen and oxygen atoms in total. The lowest BCUT2D eigenvalue weighted by molar-refractivity contribution is 0.416. The third kappa shape index (κ3) is 1.72. The highest BCUT2D eigenvalue weighted by atomic mass is 16.5. The number of benzene rings is 1. The second-order valence-electron chi connectivity index (χ2n) is 3.73. The Morgan fingerprint density at radius 3 is 2.65 bits per heavy atom. The average Bonchev–Trinajstić information content (AvgIpc) is 2.64. The number of ether oxygens (including phenoxy) is 1. The molecule has 0 spiro atoms. The minimum atomic E-state index is 0.394. The molecule has 0 saturated heterocycles. The Bertz CT molecular complexity index is 593. The molecule has 0 aliphatic heterocycles. The van der Waals surface area contributed by atoms with Gasteiger partial charge >= 0.3 is 0 Å². The smallest absolute Gasteiger partial charge is 0.128 e. The summed E-state index contributed by atoms with van der Waals surface area (Å²) in [5.41, 5.74) is 8.83. The Balaban J connectivity index is 2.66. The summed E-state index contributed by atoms with van der Waals surface area (Å²) in [7, 11) is 1.62. The summed E-state index contributed by atoms with van der Waals surface area (Å²) >= 11 is 0. The van der Waals surface area contributed by atoms with E-state index in [0.29, 0.717) is 11.4 Å². The van der Waals surface area contributed by atoms with Crippen LogP contribution in [-0.2, 0) is 0 Å². The maximum Gasteiger partial charge on any atom is 0.128 e. The molecule has 0 aliphatic rings. The lowest BCUT2D eigenvalue weighted by Crippen LogP contribution is -1.89. The van der Waals surface area contributed by atoms with E-state index in [4.69, 9.17) is 15.7 Å². The molecule has 1 heterocycles. The van der Waals surface area contributed by atoms with Crippen LogP contribution in [0.25, 0.3) is 11.3 Å². The summed E-state index contributed by atoms with van der Waals surface area (Å²) in [6.45, 7) is 1.87. The SMILES string of the molecule is COc1ccccc1-c1[nH]c(N)c(C#N)c1C. The Labute approximate surface area is 99.6 Å². The van der Waals surface area contributed by atoms with Crippen LogP contribution in [0.4, 0.5) is 5.82 Å². The van der Waals surface area contributed by atoms with E-state index in [9.17, 15) is 0 Å². The number of para-hydroxylation sites is 1. The molecule has 0 aliphatic carbocycles. The standard InChI is InChI=1S/C13H13N3O/c1-8-10(7-14)13(15)16-12(8)9-5-3-4-6-11(9)17-2/h3-6,16H,15H2,1-2H3. The van der Waals surface area contributed by atoms with Crippen molar-refractivity contribution in [1.29, 1.82) is 5.26 Å². The summed E-state index contributed by atoms with van der Waals surface area (Å²) in [5.74, 6) is 1.15. The number of nitrogen functional groups attached to an aromatic ring is 1. The van der Waals surface area contributed by atoms with Gasteiger partial charge in [0.05, 0.1) is 18.4 Å². The molecule has 1 aromatic heterocycles. The number of methoxy groups -OCH3 is 1. The van der Waals surface area contributed by atoms with Gasteiger partial charge in [0.2, 0.25) is 0 Å². The van der Waals surface area contributed by atoms with Gasteiger partial charge in [0, 0.05) is 5.56 Å². The Kier molecular flexibility index (Phi) is 2.75. The second kappa shape index (κ2) is 4.22. The largest absolute Gasteiger partial charge is 0.496 e. The third-order valence-corrected chi connectivity index (χ3v) is 2.77. The maximum atomic E-state index is 9.00. The summed E-state index contributed by atoms with van der Waals surface area (Å²) < 4.78 is 5.29. The number of rotatable bonds is 2. The van der Waals surface area contributed by atoms with Gasteiger partial charge in [0.25, 0.3) is 0 Å². The molecule has 2 rings (SSSR count). The molecule has 17 heavy (non-hydrogen) atoms. The van der Waals surface area contributed by atoms with Gasteiger partial charge in [-0.15, -0.1) is 0 Å². The van der Waals surface area contributed by atoms with Crippen molar-refractivity contribution in [3.05, 3.63) is 35.4 Å². The minimum absolute atomic E-state index is 0.394. The Hall–Kier alpha value is -2.41. The molecule has 4 heteroatoms. The normalized spacial score (nSPS) is 9.94. The van der Waals surface area contributed by atoms with E-state index in [0.717, 1.165) is 22.6 Å². The van der Waals surface area contributed by atoms with Gasteiger partial charge < -0.3 is 15.5 Å². The molecule has 86 valence electrons. The van der Waals surface area contributed by atoms with Crippen molar-refractivity contribution in [1.82, 2.24) is 4.98 Å². The van der Waals surface area contributed by atoms with Crippen molar-refractivity contribution in [2.75, 3.05) is 12.8 Å². The quantitative estimate of drug-likeness (QED) is 0.827. The third-order valence-electron chi connectivity index (χ3n) is 2.77. The highest BCUT2D eigenvalue weighted by molar-refractivity contribution is 5.76. The van der Waals surface area contributed by atoms with Gasteiger partial charge in [-0.05, 0) is 24.6 Å². The molecule has 0 atom stereocenters. The van der Waals surface area contributed by atoms with E-state index in [1.807, 2.05) is 31.2 Å². The monoisotopic (exact) mass is 227 g/mol. The number of nitrogens with two attached hydrogens (primary N) is 1. The lowest BCUT2D eigenvalue weighted by atomic mass is 10.1. The van der Waals surface area contributed by atoms with Crippen molar-refractivity contribution >= 4 is 5.82 Å². The number of hydrogen-bond acceptors (Lipinski definition) is 3. The first-order valence-electron chi connectivity index (χ1n) is 5.20. The van der Waals surface area contributed by atoms with E-state index in [1.165, 1.54) is 0 Å². The number of aromatic nitrogens is 1. The van der Waals surface area contributed by atoms with E-state index >= 15 is 0 Å². The second-order valence-corrected chi connectivity index (χ2v) is 3.73. The van der Waals surface area contributed by atoms with Crippen LogP contribution >= 0.6 is 0 Å². The number of anilines is 1. The first-order chi connectivity index (χ1) is 8.19. The van der Waals surface area contributed by atoms with Crippen molar-refractivity contribution < 1.29 is 4.74 Å².